The molecule has 2 heterocycles. The molecule has 0 aromatic rings. The van der Waals surface area contributed by atoms with E-state index in [1.807, 2.05) is 0 Å². The highest BCUT2D eigenvalue weighted by molar-refractivity contribution is 5.09. The van der Waals surface area contributed by atoms with Gasteiger partial charge in [0.15, 0.2) is 0 Å². The summed E-state index contributed by atoms with van der Waals surface area (Å²) in [6.07, 6.45) is 3.58. The lowest BCUT2D eigenvalue weighted by Gasteiger charge is -2.53. The van der Waals surface area contributed by atoms with Gasteiger partial charge in [-0.05, 0) is 19.8 Å². The van der Waals surface area contributed by atoms with Gasteiger partial charge in [-0.3, -0.25) is 0 Å². The van der Waals surface area contributed by atoms with E-state index in [0.29, 0.717) is 12.0 Å². The fourth-order valence-corrected chi connectivity index (χ4v) is 2.17. The molecule has 2 nitrogen and oxygen atoms in total. The van der Waals surface area contributed by atoms with Crippen LogP contribution in [0.3, 0.4) is 0 Å². The summed E-state index contributed by atoms with van der Waals surface area (Å²) in [4.78, 5) is 0. The SMILES string of the molecule is C=C(C)[C@H]1CC[C@]2(N)CC1O2. The first-order valence-corrected chi connectivity index (χ1v) is 4.23. The van der Waals surface area contributed by atoms with Gasteiger partial charge in [0.25, 0.3) is 0 Å². The zero-order chi connectivity index (χ0) is 8.06. The van der Waals surface area contributed by atoms with Crippen molar-refractivity contribution >= 4 is 0 Å². The van der Waals surface area contributed by atoms with Gasteiger partial charge in [-0.25, -0.2) is 0 Å². The van der Waals surface area contributed by atoms with Gasteiger partial charge in [-0.15, -0.1) is 0 Å². The van der Waals surface area contributed by atoms with Crippen LogP contribution in [0.1, 0.15) is 26.2 Å². The molecule has 0 amide bonds. The first-order chi connectivity index (χ1) is 5.11. The van der Waals surface area contributed by atoms with Crippen LogP contribution in [0.4, 0.5) is 0 Å². The maximum Gasteiger partial charge on any atom is 0.119 e. The Morgan fingerprint density at radius 1 is 1.73 bits per heavy atom. The van der Waals surface area contributed by atoms with Crippen molar-refractivity contribution in [2.24, 2.45) is 11.7 Å². The quantitative estimate of drug-likeness (QED) is 0.578. The maximum atomic E-state index is 5.85. The van der Waals surface area contributed by atoms with Crippen molar-refractivity contribution in [1.29, 1.82) is 0 Å². The molecule has 3 atom stereocenters. The summed E-state index contributed by atoms with van der Waals surface area (Å²) >= 11 is 0. The van der Waals surface area contributed by atoms with Gasteiger partial charge in [0, 0.05) is 12.3 Å². The van der Waals surface area contributed by atoms with Crippen molar-refractivity contribution in [2.75, 3.05) is 0 Å². The molecule has 0 aromatic heterocycles. The molecule has 3 rings (SSSR count). The van der Waals surface area contributed by atoms with Crippen molar-refractivity contribution in [3.8, 4) is 0 Å². The molecule has 2 N–H and O–H groups in total. The molecule has 62 valence electrons. The van der Waals surface area contributed by atoms with E-state index in [9.17, 15) is 0 Å². The van der Waals surface area contributed by atoms with Crippen LogP contribution in [0.25, 0.3) is 0 Å². The molecule has 11 heavy (non-hydrogen) atoms. The van der Waals surface area contributed by atoms with E-state index in [0.717, 1.165) is 19.3 Å². The minimum absolute atomic E-state index is 0.253. The third kappa shape index (κ3) is 1.01. The van der Waals surface area contributed by atoms with Crippen LogP contribution in [0.2, 0.25) is 0 Å². The molecular formula is C9H15NO. The maximum absolute atomic E-state index is 5.85. The lowest BCUT2D eigenvalue weighted by Crippen LogP contribution is -2.63. The summed E-state index contributed by atoms with van der Waals surface area (Å²) < 4.78 is 5.55. The minimum Gasteiger partial charge on any atom is -0.357 e. The van der Waals surface area contributed by atoms with E-state index in [-0.39, 0.29) is 5.72 Å². The van der Waals surface area contributed by atoms with Gasteiger partial charge in [0.05, 0.1) is 6.10 Å². The fourth-order valence-electron chi connectivity index (χ4n) is 2.17. The molecule has 0 aromatic carbocycles. The van der Waals surface area contributed by atoms with Gasteiger partial charge in [0.1, 0.15) is 5.72 Å². The zero-order valence-corrected chi connectivity index (χ0v) is 6.97. The summed E-state index contributed by atoms with van der Waals surface area (Å²) in [5.74, 6) is 0.570. The molecule has 2 bridgehead atoms. The third-order valence-corrected chi connectivity index (χ3v) is 2.89. The normalized spacial score (nSPS) is 48.2. The molecule has 1 unspecified atom stereocenters. The largest absolute Gasteiger partial charge is 0.357 e. The number of fused-ring (bicyclic) bond motifs is 2. The molecule has 2 heteroatoms. The molecule has 3 fully saturated rings. The van der Waals surface area contributed by atoms with Crippen molar-refractivity contribution in [3.05, 3.63) is 12.2 Å². The van der Waals surface area contributed by atoms with Gasteiger partial charge in [-0.2, -0.15) is 0 Å². The minimum atomic E-state index is -0.253. The Bertz CT molecular complexity index is 188. The van der Waals surface area contributed by atoms with Crippen LogP contribution in [0, 0.1) is 5.92 Å². The fraction of sp³-hybridized carbons (Fsp3) is 0.778. The lowest BCUT2D eigenvalue weighted by molar-refractivity contribution is -0.249. The van der Waals surface area contributed by atoms with Gasteiger partial charge < -0.3 is 10.5 Å². The molecule has 0 spiro atoms. The second-order valence-electron chi connectivity index (χ2n) is 3.92. The topological polar surface area (TPSA) is 35.2 Å². The summed E-state index contributed by atoms with van der Waals surface area (Å²) in [6, 6.07) is 0. The Kier molecular flexibility index (Phi) is 1.38. The molecule has 2 saturated heterocycles. The summed E-state index contributed by atoms with van der Waals surface area (Å²) in [5, 5.41) is 0. The Labute approximate surface area is 67.4 Å². The monoisotopic (exact) mass is 153 g/mol. The summed E-state index contributed by atoms with van der Waals surface area (Å²) in [6.45, 7) is 6.03. The Hall–Kier alpha value is -0.340. The van der Waals surface area contributed by atoms with Crippen LogP contribution >= 0.6 is 0 Å². The average Bonchev–Trinajstić information content (AvgIpc) is 1.85. The molecule has 1 aliphatic carbocycles. The number of hydrogen-bond acceptors (Lipinski definition) is 2. The van der Waals surface area contributed by atoms with E-state index in [1.165, 1.54) is 5.57 Å². The Morgan fingerprint density at radius 2 is 2.36 bits per heavy atom. The van der Waals surface area contributed by atoms with Crippen LogP contribution in [-0.2, 0) is 4.74 Å². The summed E-state index contributed by atoms with van der Waals surface area (Å²) in [5.41, 5.74) is 6.85. The lowest BCUT2D eigenvalue weighted by atomic mass is 9.74. The Balaban J connectivity index is 2.04. The standard InChI is InChI=1S/C9H15NO/c1-6(2)7-3-4-9(10)5-8(7)11-9/h7-8H,1,3-5,10H2,2H3/t7-,8?,9-/m1/s1. The molecule has 1 saturated carbocycles. The smallest absolute Gasteiger partial charge is 0.119 e. The molecular weight excluding hydrogens is 138 g/mol. The van der Waals surface area contributed by atoms with Crippen LogP contribution in [-0.4, -0.2) is 11.8 Å². The Morgan fingerprint density at radius 3 is 2.73 bits per heavy atom. The van der Waals surface area contributed by atoms with Gasteiger partial charge in [-0.1, -0.05) is 12.2 Å². The molecule has 2 aliphatic heterocycles. The zero-order valence-electron chi connectivity index (χ0n) is 6.97. The van der Waals surface area contributed by atoms with Crippen molar-refractivity contribution in [2.45, 2.75) is 38.0 Å². The van der Waals surface area contributed by atoms with Crippen LogP contribution < -0.4 is 5.73 Å². The van der Waals surface area contributed by atoms with E-state index in [1.54, 1.807) is 0 Å². The number of hydrogen-bond donors (Lipinski definition) is 1. The van der Waals surface area contributed by atoms with E-state index >= 15 is 0 Å². The number of rotatable bonds is 1. The van der Waals surface area contributed by atoms with Crippen molar-refractivity contribution in [1.82, 2.24) is 0 Å². The second kappa shape index (κ2) is 2.08. The van der Waals surface area contributed by atoms with Crippen molar-refractivity contribution in [3.63, 3.8) is 0 Å². The number of ether oxygens (including phenoxy) is 1. The highest BCUT2D eigenvalue weighted by Gasteiger charge is 2.50. The van der Waals surface area contributed by atoms with Crippen molar-refractivity contribution < 1.29 is 4.74 Å². The third-order valence-electron chi connectivity index (χ3n) is 2.89. The average molecular weight is 153 g/mol. The van der Waals surface area contributed by atoms with Gasteiger partial charge >= 0.3 is 0 Å². The summed E-state index contributed by atoms with van der Waals surface area (Å²) in [7, 11) is 0. The molecule has 3 aliphatic rings. The first kappa shape index (κ1) is 7.32. The first-order valence-electron chi connectivity index (χ1n) is 4.23. The van der Waals surface area contributed by atoms with Crippen LogP contribution in [0.15, 0.2) is 12.2 Å². The second-order valence-corrected chi connectivity index (χ2v) is 3.92. The molecule has 0 radical (unpaired) electrons. The highest BCUT2D eigenvalue weighted by atomic mass is 16.5. The van der Waals surface area contributed by atoms with E-state index in [2.05, 4.69) is 13.5 Å². The van der Waals surface area contributed by atoms with Crippen LogP contribution in [0.5, 0.6) is 0 Å². The predicted molar refractivity (Wildman–Crippen MR) is 43.9 cm³/mol. The predicted octanol–water partition coefficient (Wildman–Crippen LogP) is 1.42. The number of nitrogens with two attached hydrogens (primary N) is 1. The highest BCUT2D eigenvalue weighted by Crippen LogP contribution is 2.46. The van der Waals surface area contributed by atoms with E-state index in [4.69, 9.17) is 10.5 Å². The van der Waals surface area contributed by atoms with Gasteiger partial charge in [0.2, 0.25) is 0 Å². The van der Waals surface area contributed by atoms with E-state index < -0.39 is 0 Å².